The van der Waals surface area contributed by atoms with Crippen LogP contribution in [0.3, 0.4) is 0 Å². The zero-order valence-electron chi connectivity index (χ0n) is 11.8. The van der Waals surface area contributed by atoms with Gasteiger partial charge in [0.15, 0.2) is 0 Å². The van der Waals surface area contributed by atoms with Crippen molar-refractivity contribution in [2.75, 3.05) is 26.2 Å². The number of amides is 1. The van der Waals surface area contributed by atoms with Crippen molar-refractivity contribution in [2.45, 2.75) is 57.5 Å². The summed E-state index contributed by atoms with van der Waals surface area (Å²) in [5.74, 6) is 0.224. The average Bonchev–Trinajstić information content (AvgIpc) is 2.80. The molecule has 4 heteroatoms. The Morgan fingerprint density at radius 2 is 1.72 bits per heavy atom. The van der Waals surface area contributed by atoms with Gasteiger partial charge in [0, 0.05) is 31.1 Å². The van der Waals surface area contributed by atoms with E-state index in [1.165, 1.54) is 25.9 Å². The number of carbonyl (C=O) groups is 1. The van der Waals surface area contributed by atoms with E-state index in [-0.39, 0.29) is 11.4 Å². The lowest BCUT2D eigenvalue weighted by Crippen LogP contribution is -2.48. The topological polar surface area (TPSA) is 49.6 Å². The van der Waals surface area contributed by atoms with E-state index in [2.05, 4.69) is 4.90 Å². The second-order valence-electron chi connectivity index (χ2n) is 6.52. The van der Waals surface area contributed by atoms with Gasteiger partial charge in [0.1, 0.15) is 0 Å². The van der Waals surface area contributed by atoms with Gasteiger partial charge < -0.3 is 15.5 Å². The lowest BCUT2D eigenvalue weighted by Gasteiger charge is -2.37. The van der Waals surface area contributed by atoms with Gasteiger partial charge in [-0.05, 0) is 52.6 Å². The molecule has 2 aliphatic rings. The normalized spacial score (nSPS) is 23.6. The zero-order chi connectivity index (χ0) is 13.2. The van der Waals surface area contributed by atoms with Crippen LogP contribution < -0.4 is 5.73 Å². The van der Waals surface area contributed by atoms with Crippen LogP contribution in [0.4, 0.5) is 0 Å². The molecular formula is C14H27N3O. The Labute approximate surface area is 110 Å². The Hall–Kier alpha value is -0.610. The van der Waals surface area contributed by atoms with Crippen molar-refractivity contribution in [3.8, 4) is 0 Å². The van der Waals surface area contributed by atoms with Crippen LogP contribution in [0.15, 0.2) is 0 Å². The quantitative estimate of drug-likeness (QED) is 0.822. The number of piperidine rings is 1. The number of hydrogen-bond donors (Lipinski definition) is 1. The van der Waals surface area contributed by atoms with Gasteiger partial charge in [-0.3, -0.25) is 4.79 Å². The molecule has 2 fully saturated rings. The zero-order valence-corrected chi connectivity index (χ0v) is 11.8. The van der Waals surface area contributed by atoms with E-state index in [9.17, 15) is 4.79 Å². The van der Waals surface area contributed by atoms with Gasteiger partial charge >= 0.3 is 0 Å². The molecule has 0 aromatic heterocycles. The summed E-state index contributed by atoms with van der Waals surface area (Å²) in [6, 6.07) is 0.711. The maximum absolute atomic E-state index is 12.1. The number of nitrogens with two attached hydrogens (primary N) is 1. The van der Waals surface area contributed by atoms with E-state index in [1.807, 2.05) is 18.7 Å². The minimum absolute atomic E-state index is 0.224. The monoisotopic (exact) mass is 253 g/mol. The largest absolute Gasteiger partial charge is 0.343 e. The van der Waals surface area contributed by atoms with E-state index in [1.54, 1.807) is 0 Å². The fraction of sp³-hybridized carbons (Fsp3) is 0.929. The lowest BCUT2D eigenvalue weighted by atomic mass is 9.99. The van der Waals surface area contributed by atoms with Crippen LogP contribution in [-0.4, -0.2) is 53.5 Å². The summed E-state index contributed by atoms with van der Waals surface area (Å²) in [6.45, 7) is 8.18. The van der Waals surface area contributed by atoms with E-state index in [4.69, 9.17) is 5.73 Å². The highest BCUT2D eigenvalue weighted by Gasteiger charge is 2.29. The van der Waals surface area contributed by atoms with Crippen LogP contribution in [0.1, 0.15) is 46.0 Å². The van der Waals surface area contributed by atoms with Crippen molar-refractivity contribution in [3.63, 3.8) is 0 Å². The fourth-order valence-corrected chi connectivity index (χ4v) is 3.09. The number of hydrogen-bond acceptors (Lipinski definition) is 3. The summed E-state index contributed by atoms with van der Waals surface area (Å²) >= 11 is 0. The average molecular weight is 253 g/mol. The van der Waals surface area contributed by atoms with Crippen molar-refractivity contribution < 1.29 is 4.79 Å². The van der Waals surface area contributed by atoms with E-state index in [0.717, 1.165) is 25.9 Å². The maximum atomic E-state index is 12.1. The molecular weight excluding hydrogens is 226 g/mol. The summed E-state index contributed by atoms with van der Waals surface area (Å²) in [4.78, 5) is 16.7. The number of likely N-dealkylation sites (tertiary alicyclic amines) is 2. The fourth-order valence-electron chi connectivity index (χ4n) is 3.09. The standard InChI is InChI=1S/C14H27N3O/c1-14(2,15)11-13(18)17-9-5-12(6-10-17)16-7-3-4-8-16/h12H,3-11,15H2,1-2H3. The molecule has 104 valence electrons. The molecule has 0 aliphatic carbocycles. The van der Waals surface area contributed by atoms with Crippen LogP contribution in [0.2, 0.25) is 0 Å². The first-order chi connectivity index (χ1) is 8.46. The highest BCUT2D eigenvalue weighted by molar-refractivity contribution is 5.77. The Morgan fingerprint density at radius 1 is 1.17 bits per heavy atom. The molecule has 2 rings (SSSR count). The Kier molecular flexibility index (Phi) is 4.28. The van der Waals surface area contributed by atoms with Gasteiger partial charge in [-0.1, -0.05) is 0 Å². The van der Waals surface area contributed by atoms with Gasteiger partial charge in [-0.25, -0.2) is 0 Å². The van der Waals surface area contributed by atoms with E-state index >= 15 is 0 Å². The van der Waals surface area contributed by atoms with Crippen molar-refractivity contribution >= 4 is 5.91 Å². The van der Waals surface area contributed by atoms with Gasteiger partial charge in [0.05, 0.1) is 0 Å². The molecule has 0 aromatic carbocycles. The van der Waals surface area contributed by atoms with Crippen LogP contribution in [0.25, 0.3) is 0 Å². The second-order valence-corrected chi connectivity index (χ2v) is 6.52. The van der Waals surface area contributed by atoms with Crippen molar-refractivity contribution in [1.29, 1.82) is 0 Å². The number of rotatable bonds is 3. The molecule has 1 amide bonds. The molecule has 0 bridgehead atoms. The van der Waals surface area contributed by atoms with Gasteiger partial charge in [-0.2, -0.15) is 0 Å². The smallest absolute Gasteiger partial charge is 0.224 e. The van der Waals surface area contributed by atoms with Gasteiger partial charge in [-0.15, -0.1) is 0 Å². The first-order valence-electron chi connectivity index (χ1n) is 7.26. The molecule has 0 atom stereocenters. The molecule has 0 radical (unpaired) electrons. The first kappa shape index (κ1) is 13.8. The summed E-state index contributed by atoms with van der Waals surface area (Å²) < 4.78 is 0. The second kappa shape index (κ2) is 5.57. The molecule has 0 unspecified atom stereocenters. The summed E-state index contributed by atoms with van der Waals surface area (Å²) in [5, 5.41) is 0. The minimum Gasteiger partial charge on any atom is -0.343 e. The molecule has 0 saturated carbocycles. The van der Waals surface area contributed by atoms with Crippen molar-refractivity contribution in [3.05, 3.63) is 0 Å². The highest BCUT2D eigenvalue weighted by Crippen LogP contribution is 2.22. The van der Waals surface area contributed by atoms with Crippen LogP contribution in [-0.2, 0) is 4.79 Å². The van der Waals surface area contributed by atoms with Crippen molar-refractivity contribution in [2.24, 2.45) is 5.73 Å². The van der Waals surface area contributed by atoms with Crippen LogP contribution >= 0.6 is 0 Å². The van der Waals surface area contributed by atoms with Gasteiger partial charge in [0.2, 0.25) is 5.91 Å². The summed E-state index contributed by atoms with van der Waals surface area (Å²) in [6.07, 6.45) is 5.43. The van der Waals surface area contributed by atoms with Crippen LogP contribution in [0, 0.1) is 0 Å². The summed E-state index contributed by atoms with van der Waals surface area (Å²) in [7, 11) is 0. The minimum atomic E-state index is -0.386. The Bertz CT molecular complexity index is 284. The third-order valence-electron chi connectivity index (χ3n) is 4.08. The molecule has 18 heavy (non-hydrogen) atoms. The third kappa shape index (κ3) is 3.69. The molecule has 2 N–H and O–H groups in total. The maximum Gasteiger partial charge on any atom is 0.224 e. The number of nitrogens with zero attached hydrogens (tertiary/aromatic N) is 2. The SMILES string of the molecule is CC(C)(N)CC(=O)N1CCC(N2CCCC2)CC1. The number of carbonyl (C=O) groups excluding carboxylic acids is 1. The third-order valence-corrected chi connectivity index (χ3v) is 4.08. The summed E-state index contributed by atoms with van der Waals surface area (Å²) in [5.41, 5.74) is 5.53. The molecule has 2 aliphatic heterocycles. The highest BCUT2D eigenvalue weighted by atomic mass is 16.2. The van der Waals surface area contributed by atoms with Crippen LogP contribution in [0.5, 0.6) is 0 Å². The molecule has 2 heterocycles. The predicted molar refractivity (Wildman–Crippen MR) is 73.3 cm³/mol. The Balaban J connectivity index is 1.77. The Morgan fingerprint density at radius 3 is 2.22 bits per heavy atom. The lowest BCUT2D eigenvalue weighted by molar-refractivity contribution is -0.133. The molecule has 0 aromatic rings. The predicted octanol–water partition coefficient (Wildman–Crippen LogP) is 1.20. The molecule has 0 spiro atoms. The molecule has 2 saturated heterocycles. The molecule has 4 nitrogen and oxygen atoms in total. The van der Waals surface area contributed by atoms with E-state index in [0.29, 0.717) is 12.5 Å². The van der Waals surface area contributed by atoms with E-state index < -0.39 is 0 Å². The first-order valence-corrected chi connectivity index (χ1v) is 7.26. The van der Waals surface area contributed by atoms with Crippen molar-refractivity contribution in [1.82, 2.24) is 9.80 Å². The van der Waals surface area contributed by atoms with Gasteiger partial charge in [0.25, 0.3) is 0 Å².